The van der Waals surface area contributed by atoms with E-state index in [0.717, 1.165) is 25.7 Å². The molecule has 1 aliphatic heterocycles. The predicted molar refractivity (Wildman–Crippen MR) is 84.0 cm³/mol. The Hall–Kier alpha value is -0.990. The van der Waals surface area contributed by atoms with E-state index >= 15 is 0 Å². The fourth-order valence-corrected chi connectivity index (χ4v) is 3.97. The monoisotopic (exact) mass is 294 g/mol. The largest absolute Gasteiger partial charge is 0.512 e. The van der Waals surface area contributed by atoms with Crippen LogP contribution in [0.15, 0.2) is 11.8 Å². The first-order valence-corrected chi connectivity index (χ1v) is 8.68. The topological polar surface area (TPSA) is 46.5 Å². The lowest BCUT2D eigenvalue weighted by Crippen LogP contribution is -2.44. The van der Waals surface area contributed by atoms with E-state index < -0.39 is 5.60 Å². The number of carbonyl (C=O) groups is 1. The Morgan fingerprint density at radius 2 is 2.10 bits per heavy atom. The van der Waals surface area contributed by atoms with Gasteiger partial charge in [0.15, 0.2) is 0 Å². The van der Waals surface area contributed by atoms with Crippen LogP contribution in [-0.2, 0) is 9.53 Å². The molecule has 120 valence electrons. The molecule has 0 radical (unpaired) electrons. The quantitative estimate of drug-likeness (QED) is 0.678. The molecule has 2 atom stereocenters. The number of aliphatic hydroxyl groups excluding tert-OH is 1. The Labute approximate surface area is 128 Å². The van der Waals surface area contributed by atoms with Crippen molar-refractivity contribution in [3.05, 3.63) is 11.8 Å². The van der Waals surface area contributed by atoms with Crippen LogP contribution in [0.3, 0.4) is 0 Å². The highest BCUT2D eigenvalue weighted by molar-refractivity contribution is 5.83. The summed E-state index contributed by atoms with van der Waals surface area (Å²) in [6.45, 7) is 4.51. The number of aliphatic hydroxyl groups is 1. The van der Waals surface area contributed by atoms with Gasteiger partial charge in [0.2, 0.25) is 0 Å². The minimum Gasteiger partial charge on any atom is -0.512 e. The minimum atomic E-state index is -0.438. The molecule has 0 aromatic carbocycles. The molecule has 2 aliphatic rings. The van der Waals surface area contributed by atoms with Crippen molar-refractivity contribution in [3.8, 4) is 0 Å². The van der Waals surface area contributed by atoms with Gasteiger partial charge in [-0.2, -0.15) is 0 Å². The molecule has 2 rings (SSSR count). The van der Waals surface area contributed by atoms with E-state index in [2.05, 4.69) is 13.8 Å². The summed E-state index contributed by atoms with van der Waals surface area (Å²) in [4.78, 5) is 11.8. The Balaban J connectivity index is 2.02. The number of unbranched alkanes of at least 4 members (excludes halogenated alkanes) is 1. The lowest BCUT2D eigenvalue weighted by atomic mass is 9.76. The Morgan fingerprint density at radius 1 is 1.38 bits per heavy atom. The van der Waals surface area contributed by atoms with Crippen molar-refractivity contribution in [2.45, 2.75) is 83.7 Å². The Bertz CT molecular complexity index is 382. The maximum atomic E-state index is 11.8. The minimum absolute atomic E-state index is 0.208. The van der Waals surface area contributed by atoms with E-state index in [-0.39, 0.29) is 11.7 Å². The fourth-order valence-electron chi connectivity index (χ4n) is 3.97. The maximum Gasteiger partial charge on any atom is 0.334 e. The molecule has 3 heteroatoms. The zero-order valence-electron chi connectivity index (χ0n) is 13.6. The molecule has 1 heterocycles. The van der Waals surface area contributed by atoms with Gasteiger partial charge in [-0.3, -0.25) is 0 Å². The maximum absolute atomic E-state index is 11.8. The third-order valence-electron chi connectivity index (χ3n) is 5.28. The van der Waals surface area contributed by atoms with Crippen molar-refractivity contribution < 1.29 is 14.6 Å². The Morgan fingerprint density at radius 3 is 2.71 bits per heavy atom. The molecule has 0 saturated heterocycles. The van der Waals surface area contributed by atoms with Crippen LogP contribution >= 0.6 is 0 Å². The second kappa shape index (κ2) is 7.33. The normalized spacial score (nSPS) is 28.3. The van der Waals surface area contributed by atoms with Crippen LogP contribution in [0.4, 0.5) is 0 Å². The molecule has 21 heavy (non-hydrogen) atoms. The molecule has 0 bridgehead atoms. The number of hydrogen-bond acceptors (Lipinski definition) is 3. The second-order valence-corrected chi connectivity index (χ2v) is 7.07. The summed E-state index contributed by atoms with van der Waals surface area (Å²) in [5.74, 6) is 0.942. The van der Waals surface area contributed by atoms with Gasteiger partial charge in [-0.05, 0) is 37.5 Å². The summed E-state index contributed by atoms with van der Waals surface area (Å²) in [6, 6.07) is 0. The number of hydrogen-bond donors (Lipinski definition) is 1. The first-order chi connectivity index (χ1) is 10.1. The lowest BCUT2D eigenvalue weighted by molar-refractivity contribution is -0.166. The van der Waals surface area contributed by atoms with Crippen molar-refractivity contribution in [3.63, 3.8) is 0 Å². The van der Waals surface area contributed by atoms with Gasteiger partial charge in [-0.25, -0.2) is 4.79 Å². The van der Waals surface area contributed by atoms with Gasteiger partial charge < -0.3 is 9.84 Å². The van der Waals surface area contributed by atoms with Crippen LogP contribution in [0.5, 0.6) is 0 Å². The van der Waals surface area contributed by atoms with Gasteiger partial charge in [0, 0.05) is 6.42 Å². The van der Waals surface area contributed by atoms with E-state index in [9.17, 15) is 9.90 Å². The van der Waals surface area contributed by atoms with E-state index in [4.69, 9.17) is 4.74 Å². The molecule has 0 aromatic rings. The first-order valence-electron chi connectivity index (χ1n) is 8.68. The number of ether oxygens (including phenoxy) is 1. The van der Waals surface area contributed by atoms with E-state index in [1.54, 1.807) is 0 Å². The van der Waals surface area contributed by atoms with E-state index in [0.29, 0.717) is 18.3 Å². The van der Waals surface area contributed by atoms with Gasteiger partial charge in [-0.15, -0.1) is 0 Å². The summed E-state index contributed by atoms with van der Waals surface area (Å²) in [5.41, 5.74) is -0.438. The molecule has 0 aromatic heterocycles. The summed E-state index contributed by atoms with van der Waals surface area (Å²) < 4.78 is 5.81. The average Bonchev–Trinajstić information content (AvgIpc) is 2.96. The van der Waals surface area contributed by atoms with Gasteiger partial charge in [0.1, 0.15) is 11.4 Å². The van der Waals surface area contributed by atoms with Gasteiger partial charge in [-0.1, -0.05) is 46.0 Å². The van der Waals surface area contributed by atoms with Crippen LogP contribution in [0.2, 0.25) is 0 Å². The molecule has 0 amide bonds. The lowest BCUT2D eigenvalue weighted by Gasteiger charge is -2.41. The summed E-state index contributed by atoms with van der Waals surface area (Å²) in [7, 11) is 0. The molecule has 1 fully saturated rings. The van der Waals surface area contributed by atoms with Crippen LogP contribution in [0.25, 0.3) is 0 Å². The first kappa shape index (κ1) is 16.4. The van der Waals surface area contributed by atoms with Crippen molar-refractivity contribution in [2.75, 3.05) is 0 Å². The zero-order valence-corrected chi connectivity index (χ0v) is 13.6. The standard InChI is InChI=1S/C18H30O3/c1-3-4-7-14(2)10-11-18(15-8-5-6-9-15)13-16(19)12-17(20)21-18/h12,14-15,19H,3-11,13H2,1-2H3. The highest BCUT2D eigenvalue weighted by Crippen LogP contribution is 2.45. The fraction of sp³-hybridized carbons (Fsp3) is 0.833. The number of cyclic esters (lactones) is 1. The average molecular weight is 294 g/mol. The van der Waals surface area contributed by atoms with Crippen LogP contribution in [-0.4, -0.2) is 16.7 Å². The second-order valence-electron chi connectivity index (χ2n) is 7.07. The van der Waals surface area contributed by atoms with Gasteiger partial charge >= 0.3 is 5.97 Å². The van der Waals surface area contributed by atoms with Crippen LogP contribution < -0.4 is 0 Å². The van der Waals surface area contributed by atoms with Gasteiger partial charge in [0.05, 0.1) is 6.08 Å². The highest BCUT2D eigenvalue weighted by Gasteiger charge is 2.45. The predicted octanol–water partition coefficient (Wildman–Crippen LogP) is 4.91. The molecular formula is C18H30O3. The number of rotatable bonds is 7. The SMILES string of the molecule is CCCCC(C)CCC1(C2CCCC2)CC(O)=CC(=O)O1. The molecule has 2 unspecified atom stereocenters. The van der Waals surface area contributed by atoms with E-state index in [1.165, 1.54) is 38.2 Å². The smallest absolute Gasteiger partial charge is 0.334 e. The molecule has 1 N–H and O–H groups in total. The van der Waals surface area contributed by atoms with E-state index in [1.807, 2.05) is 0 Å². The summed E-state index contributed by atoms with van der Waals surface area (Å²) in [5, 5.41) is 9.94. The highest BCUT2D eigenvalue weighted by atomic mass is 16.6. The van der Waals surface area contributed by atoms with Crippen molar-refractivity contribution in [2.24, 2.45) is 11.8 Å². The molecule has 0 spiro atoms. The number of esters is 1. The zero-order chi connectivity index (χ0) is 15.3. The molecule has 1 aliphatic carbocycles. The van der Waals surface area contributed by atoms with Gasteiger partial charge in [0.25, 0.3) is 0 Å². The third-order valence-corrected chi connectivity index (χ3v) is 5.28. The molecule has 1 saturated carbocycles. The van der Waals surface area contributed by atoms with Crippen LogP contribution in [0.1, 0.15) is 78.1 Å². The Kier molecular flexibility index (Phi) is 5.72. The van der Waals surface area contributed by atoms with Crippen LogP contribution in [0, 0.1) is 11.8 Å². The number of carbonyl (C=O) groups excluding carboxylic acids is 1. The molecular weight excluding hydrogens is 264 g/mol. The van der Waals surface area contributed by atoms with Crippen molar-refractivity contribution in [1.82, 2.24) is 0 Å². The van der Waals surface area contributed by atoms with Crippen molar-refractivity contribution in [1.29, 1.82) is 0 Å². The molecule has 3 nitrogen and oxygen atoms in total. The summed E-state index contributed by atoms with van der Waals surface area (Å²) in [6.07, 6.45) is 12.2. The van der Waals surface area contributed by atoms with Crippen molar-refractivity contribution >= 4 is 5.97 Å². The third kappa shape index (κ3) is 4.24. The summed E-state index contributed by atoms with van der Waals surface area (Å²) >= 11 is 0.